The molecule has 2 aromatic heterocycles. The van der Waals surface area contributed by atoms with Crippen LogP contribution < -0.4 is 25.2 Å². The van der Waals surface area contributed by atoms with E-state index < -0.39 is 0 Å². The molecule has 2 saturated heterocycles. The summed E-state index contributed by atoms with van der Waals surface area (Å²) in [4.78, 5) is 35.7. The second-order valence-electron chi connectivity index (χ2n) is 10.4. The Bertz CT molecular complexity index is 1360. The van der Waals surface area contributed by atoms with Crippen LogP contribution in [0.4, 0.5) is 33.8 Å². The molecule has 0 unspecified atom stereocenters. The zero-order valence-corrected chi connectivity index (χ0v) is 23.7. The van der Waals surface area contributed by atoms with E-state index in [-0.39, 0.29) is 5.91 Å². The molecule has 1 amide bonds. The van der Waals surface area contributed by atoms with Gasteiger partial charge in [0.05, 0.1) is 24.0 Å². The van der Waals surface area contributed by atoms with E-state index in [1.807, 2.05) is 24.9 Å². The Labute approximate surface area is 232 Å². The largest absolute Gasteiger partial charge is 0.494 e. The summed E-state index contributed by atoms with van der Waals surface area (Å²) in [6, 6.07) is 6.91. The molecule has 0 aliphatic carbocycles. The van der Waals surface area contributed by atoms with Crippen molar-refractivity contribution in [3.63, 3.8) is 0 Å². The smallest absolute Gasteiger partial charge is 0.277 e. The van der Waals surface area contributed by atoms with Crippen LogP contribution in [0.15, 0.2) is 24.4 Å². The summed E-state index contributed by atoms with van der Waals surface area (Å²) in [6.07, 6.45) is 3.98. The lowest BCUT2D eigenvalue weighted by molar-refractivity contribution is 0.0982. The number of carbonyl (C=O) groups is 1. The highest BCUT2D eigenvalue weighted by atomic mass is 32.1. The van der Waals surface area contributed by atoms with Crippen molar-refractivity contribution >= 4 is 51.1 Å². The number of benzene rings is 1. The van der Waals surface area contributed by atoms with Gasteiger partial charge in [-0.2, -0.15) is 4.98 Å². The second-order valence-corrected chi connectivity index (χ2v) is 11.6. The molecule has 2 N–H and O–H groups in total. The van der Waals surface area contributed by atoms with Gasteiger partial charge in [0.25, 0.3) is 5.91 Å². The van der Waals surface area contributed by atoms with Crippen LogP contribution in [0, 0.1) is 6.92 Å². The first-order valence-corrected chi connectivity index (χ1v) is 14.2. The molecule has 5 heterocycles. The number of carbonyl (C=O) groups excluding carboxylic acids is 1. The predicted octanol–water partition coefficient (Wildman–Crippen LogP) is 3.54. The average Bonchev–Trinajstić information content (AvgIpc) is 3.32. The lowest BCUT2D eigenvalue weighted by atomic mass is 10.0. The van der Waals surface area contributed by atoms with Gasteiger partial charge in [-0.05, 0) is 38.9 Å². The number of hydrogen-bond donors (Lipinski definition) is 2. The molecule has 0 saturated carbocycles. The van der Waals surface area contributed by atoms with E-state index in [0.29, 0.717) is 29.2 Å². The van der Waals surface area contributed by atoms with Gasteiger partial charge in [0.1, 0.15) is 16.4 Å². The first-order chi connectivity index (χ1) is 18.9. The topological polar surface area (TPSA) is 102 Å². The summed E-state index contributed by atoms with van der Waals surface area (Å²) in [7, 11) is 5.77. The van der Waals surface area contributed by atoms with Gasteiger partial charge in [-0.25, -0.2) is 9.97 Å². The number of piperazine rings is 1. The molecule has 0 radical (unpaired) electrons. The van der Waals surface area contributed by atoms with E-state index >= 15 is 0 Å². The number of aryl methyl sites for hydroxylation is 1. The van der Waals surface area contributed by atoms with Crippen molar-refractivity contribution in [2.24, 2.45) is 0 Å². The van der Waals surface area contributed by atoms with Crippen LogP contribution >= 0.6 is 11.3 Å². The standard InChI is InChI=1S/C27H35N9O2S/c1-17-29-23-25(37)30-21-16-28-27(32-24(21)34(3)26(23)39-17)31-20-6-5-19(15-22(20)38-4)35-9-7-18(8-10-35)36-13-11-33(2)12-14-36/h5-6,15-16,18H,7-14H2,1-4H3,(H,30,37)(H,28,31,32). The number of thiazole rings is 1. The van der Waals surface area contributed by atoms with Crippen LogP contribution in [0.2, 0.25) is 0 Å². The zero-order valence-electron chi connectivity index (χ0n) is 22.9. The molecule has 0 spiro atoms. The van der Waals surface area contributed by atoms with Crippen molar-refractivity contribution in [2.75, 3.05) is 80.9 Å². The maximum absolute atomic E-state index is 12.7. The normalized spacial score (nSPS) is 18.8. The number of nitrogens with zero attached hydrogens (tertiary/aromatic N) is 7. The lowest BCUT2D eigenvalue weighted by Crippen LogP contribution is -2.52. The molecular formula is C27H35N9O2S. The number of methoxy groups -OCH3 is 1. The molecule has 6 rings (SSSR count). The molecule has 39 heavy (non-hydrogen) atoms. The zero-order chi connectivity index (χ0) is 27.1. The molecule has 0 bridgehead atoms. The fraction of sp³-hybridized carbons (Fsp3) is 0.481. The summed E-state index contributed by atoms with van der Waals surface area (Å²) < 4.78 is 5.76. The van der Waals surface area contributed by atoms with Crippen molar-refractivity contribution in [3.8, 4) is 5.75 Å². The van der Waals surface area contributed by atoms with Gasteiger partial charge >= 0.3 is 0 Å². The van der Waals surface area contributed by atoms with E-state index in [1.165, 1.54) is 37.3 Å². The summed E-state index contributed by atoms with van der Waals surface area (Å²) >= 11 is 1.46. The molecule has 3 aromatic rings. The van der Waals surface area contributed by atoms with E-state index in [0.717, 1.165) is 53.3 Å². The highest BCUT2D eigenvalue weighted by Crippen LogP contribution is 2.39. The molecule has 3 aliphatic heterocycles. The summed E-state index contributed by atoms with van der Waals surface area (Å²) in [5.41, 5.74) is 2.88. The Kier molecular flexibility index (Phi) is 7.00. The highest BCUT2D eigenvalue weighted by Gasteiger charge is 2.29. The third-order valence-corrected chi connectivity index (χ3v) is 8.93. The maximum atomic E-state index is 12.7. The number of nitrogens with one attached hydrogen (secondary N) is 2. The molecule has 11 nitrogen and oxygen atoms in total. The average molecular weight is 550 g/mol. The van der Waals surface area contributed by atoms with Crippen LogP contribution in [0.3, 0.4) is 0 Å². The van der Waals surface area contributed by atoms with Crippen LogP contribution in [-0.4, -0.2) is 97.2 Å². The molecule has 3 aliphatic rings. The Balaban J connectivity index is 1.16. The fourth-order valence-electron chi connectivity index (χ4n) is 5.62. The summed E-state index contributed by atoms with van der Waals surface area (Å²) in [5, 5.41) is 7.77. The Morgan fingerprint density at radius 2 is 1.85 bits per heavy atom. The first kappa shape index (κ1) is 25.8. The number of piperidine rings is 1. The Morgan fingerprint density at radius 3 is 2.59 bits per heavy atom. The molecular weight excluding hydrogens is 514 g/mol. The van der Waals surface area contributed by atoms with Crippen LogP contribution in [0.25, 0.3) is 0 Å². The number of ether oxygens (including phenoxy) is 1. The predicted molar refractivity (Wildman–Crippen MR) is 155 cm³/mol. The van der Waals surface area contributed by atoms with Gasteiger partial charge in [-0.15, -0.1) is 11.3 Å². The van der Waals surface area contributed by atoms with Gasteiger partial charge in [0, 0.05) is 64.1 Å². The third kappa shape index (κ3) is 5.11. The van der Waals surface area contributed by atoms with Gasteiger partial charge < -0.3 is 30.1 Å². The first-order valence-electron chi connectivity index (χ1n) is 13.4. The molecule has 12 heteroatoms. The quantitative estimate of drug-likeness (QED) is 0.491. The van der Waals surface area contributed by atoms with Gasteiger partial charge in [0.15, 0.2) is 11.5 Å². The Hall–Kier alpha value is -3.48. The van der Waals surface area contributed by atoms with E-state index in [1.54, 1.807) is 13.3 Å². The number of likely N-dealkylation sites (N-methyl/N-ethyl adjacent to an activating group) is 1. The molecule has 1 aromatic carbocycles. The lowest BCUT2D eigenvalue weighted by Gasteiger charge is -2.42. The monoisotopic (exact) mass is 549 g/mol. The number of anilines is 6. The maximum Gasteiger partial charge on any atom is 0.277 e. The number of hydrogen-bond acceptors (Lipinski definition) is 11. The summed E-state index contributed by atoms with van der Waals surface area (Å²) in [5.74, 6) is 1.49. The summed E-state index contributed by atoms with van der Waals surface area (Å²) in [6.45, 7) is 8.64. The van der Waals surface area contributed by atoms with E-state index in [9.17, 15) is 4.79 Å². The van der Waals surface area contributed by atoms with Gasteiger partial charge in [0.2, 0.25) is 5.95 Å². The fourth-order valence-corrected chi connectivity index (χ4v) is 6.50. The van der Waals surface area contributed by atoms with Crippen molar-refractivity contribution in [1.82, 2.24) is 24.8 Å². The number of fused-ring (bicyclic) bond motifs is 2. The highest BCUT2D eigenvalue weighted by molar-refractivity contribution is 7.16. The minimum atomic E-state index is -0.255. The third-order valence-electron chi connectivity index (χ3n) is 7.89. The van der Waals surface area contributed by atoms with Crippen molar-refractivity contribution in [1.29, 1.82) is 0 Å². The second kappa shape index (κ2) is 10.6. The van der Waals surface area contributed by atoms with Crippen molar-refractivity contribution in [2.45, 2.75) is 25.8 Å². The number of aromatic nitrogens is 3. The minimum Gasteiger partial charge on any atom is -0.494 e. The van der Waals surface area contributed by atoms with Crippen LogP contribution in [0.5, 0.6) is 5.75 Å². The molecule has 0 atom stereocenters. The number of amides is 1. The van der Waals surface area contributed by atoms with Gasteiger partial charge in [-0.3, -0.25) is 9.69 Å². The van der Waals surface area contributed by atoms with Crippen molar-refractivity contribution in [3.05, 3.63) is 35.1 Å². The minimum absolute atomic E-state index is 0.255. The van der Waals surface area contributed by atoms with E-state index in [4.69, 9.17) is 9.72 Å². The van der Waals surface area contributed by atoms with E-state index in [2.05, 4.69) is 54.5 Å². The number of rotatable bonds is 5. The van der Waals surface area contributed by atoms with Gasteiger partial charge in [-0.1, -0.05) is 0 Å². The SMILES string of the molecule is COc1cc(N2CCC(N3CCN(C)CC3)CC2)ccc1Nc1ncc2c(n1)N(C)c1sc(C)nc1C(=O)N2. The molecule has 2 fully saturated rings. The van der Waals surface area contributed by atoms with Crippen molar-refractivity contribution < 1.29 is 9.53 Å². The molecule has 206 valence electrons. The van der Waals surface area contributed by atoms with Crippen LogP contribution in [0.1, 0.15) is 28.3 Å². The van der Waals surface area contributed by atoms with Crippen LogP contribution in [-0.2, 0) is 0 Å². The Morgan fingerprint density at radius 1 is 1.08 bits per heavy atom.